The number of aromatic nitrogens is 1. The van der Waals surface area contributed by atoms with E-state index >= 15 is 0 Å². The molecule has 0 spiro atoms. The maximum absolute atomic E-state index is 13.0. The molecule has 0 aliphatic carbocycles. The zero-order valence-electron chi connectivity index (χ0n) is 8.80. The molecule has 1 rings (SSSR count). The summed E-state index contributed by atoms with van der Waals surface area (Å²) in [6, 6.07) is 2.11. The quantitative estimate of drug-likeness (QED) is 0.619. The van der Waals surface area contributed by atoms with Gasteiger partial charge >= 0.3 is 0 Å². The summed E-state index contributed by atoms with van der Waals surface area (Å²) in [5.41, 5.74) is -0.121. The van der Waals surface area contributed by atoms with Crippen molar-refractivity contribution in [3.8, 4) is 0 Å². The van der Waals surface area contributed by atoms with E-state index in [1.165, 1.54) is 7.11 Å². The first-order valence-corrected chi connectivity index (χ1v) is 4.74. The van der Waals surface area contributed by atoms with E-state index in [1.807, 2.05) is 0 Å². The summed E-state index contributed by atoms with van der Waals surface area (Å²) in [6.07, 6.45) is 0.753. The monoisotopic (exact) mass is 230 g/mol. The lowest BCUT2D eigenvalue weighted by Crippen LogP contribution is -2.13. The van der Waals surface area contributed by atoms with E-state index in [1.54, 1.807) is 0 Å². The molecule has 1 heterocycles. The Kier molecular flexibility index (Phi) is 4.78. The van der Waals surface area contributed by atoms with E-state index in [0.717, 1.165) is 12.1 Å². The van der Waals surface area contributed by atoms with E-state index in [2.05, 4.69) is 10.3 Å². The molecule has 1 aromatic heterocycles. The Bertz CT molecular complexity index is 372. The van der Waals surface area contributed by atoms with Crippen LogP contribution in [0.2, 0.25) is 0 Å². The van der Waals surface area contributed by atoms with Gasteiger partial charge in [0.05, 0.1) is 5.69 Å². The Morgan fingerprint density at radius 2 is 2.25 bits per heavy atom. The third-order valence-corrected chi connectivity index (χ3v) is 1.84. The van der Waals surface area contributed by atoms with Crippen molar-refractivity contribution in [2.75, 3.05) is 19.0 Å². The lowest BCUT2D eigenvalue weighted by Gasteiger charge is -2.05. The van der Waals surface area contributed by atoms with Crippen LogP contribution in [0, 0.1) is 11.9 Å². The third kappa shape index (κ3) is 3.90. The molecular weight excluding hydrogens is 218 g/mol. The summed E-state index contributed by atoms with van der Waals surface area (Å²) >= 11 is 0. The fourth-order valence-corrected chi connectivity index (χ4v) is 1.10. The van der Waals surface area contributed by atoms with Crippen molar-refractivity contribution in [3.05, 3.63) is 24.0 Å². The third-order valence-electron chi connectivity index (χ3n) is 1.84. The second-order valence-electron chi connectivity index (χ2n) is 3.12. The standard InChI is InChI=1S/C10H12F2N2O2/c1-16-6-2-3-9(15)13-7-4-5-8(11)14-10(7)12/h4-5H,2-3,6H2,1H3,(H,13,15). The molecule has 0 aromatic carbocycles. The zero-order chi connectivity index (χ0) is 12.0. The van der Waals surface area contributed by atoms with Crippen LogP contribution in [0.15, 0.2) is 12.1 Å². The maximum Gasteiger partial charge on any atom is 0.239 e. The predicted octanol–water partition coefficient (Wildman–Crippen LogP) is 1.72. The van der Waals surface area contributed by atoms with Gasteiger partial charge in [-0.25, -0.2) is 0 Å². The number of carbonyl (C=O) groups excluding carboxylic acids is 1. The van der Waals surface area contributed by atoms with E-state index in [4.69, 9.17) is 4.74 Å². The number of anilines is 1. The van der Waals surface area contributed by atoms with Crippen molar-refractivity contribution in [2.24, 2.45) is 0 Å². The van der Waals surface area contributed by atoms with Crippen LogP contribution in [0.1, 0.15) is 12.8 Å². The van der Waals surface area contributed by atoms with Crippen LogP contribution < -0.4 is 5.32 Å². The van der Waals surface area contributed by atoms with Crippen molar-refractivity contribution < 1.29 is 18.3 Å². The highest BCUT2D eigenvalue weighted by atomic mass is 19.1. The first-order chi connectivity index (χ1) is 7.63. The summed E-state index contributed by atoms with van der Waals surface area (Å²) in [6.45, 7) is 0.456. The van der Waals surface area contributed by atoms with Crippen molar-refractivity contribution >= 4 is 11.6 Å². The molecule has 1 aromatic rings. The molecule has 0 radical (unpaired) electrons. The molecule has 0 saturated heterocycles. The van der Waals surface area contributed by atoms with Gasteiger partial charge in [-0.15, -0.1) is 0 Å². The lowest BCUT2D eigenvalue weighted by molar-refractivity contribution is -0.116. The number of nitrogens with zero attached hydrogens (tertiary/aromatic N) is 1. The number of carbonyl (C=O) groups is 1. The second kappa shape index (κ2) is 6.12. The molecule has 0 aliphatic heterocycles. The van der Waals surface area contributed by atoms with Gasteiger partial charge in [0, 0.05) is 20.1 Å². The number of nitrogens with one attached hydrogen (secondary N) is 1. The normalized spacial score (nSPS) is 10.2. The summed E-state index contributed by atoms with van der Waals surface area (Å²) in [7, 11) is 1.53. The minimum absolute atomic E-state index is 0.121. The number of hydrogen-bond acceptors (Lipinski definition) is 3. The minimum Gasteiger partial charge on any atom is -0.385 e. The van der Waals surface area contributed by atoms with Crippen molar-refractivity contribution in [3.63, 3.8) is 0 Å². The number of pyridine rings is 1. The lowest BCUT2D eigenvalue weighted by atomic mass is 10.3. The van der Waals surface area contributed by atoms with Crippen LogP contribution in [0.4, 0.5) is 14.5 Å². The number of hydrogen-bond donors (Lipinski definition) is 1. The highest BCUT2D eigenvalue weighted by molar-refractivity contribution is 5.90. The van der Waals surface area contributed by atoms with Crippen LogP contribution in [0.5, 0.6) is 0 Å². The molecule has 1 N–H and O–H groups in total. The molecular formula is C10H12F2N2O2. The van der Waals surface area contributed by atoms with Gasteiger partial charge in [0.2, 0.25) is 17.8 Å². The van der Waals surface area contributed by atoms with E-state index in [9.17, 15) is 13.6 Å². The number of rotatable bonds is 5. The minimum atomic E-state index is -1.03. The SMILES string of the molecule is COCCCC(=O)Nc1ccc(F)nc1F. The van der Waals surface area contributed by atoms with Crippen LogP contribution in [-0.2, 0) is 9.53 Å². The van der Waals surface area contributed by atoms with Gasteiger partial charge in [-0.05, 0) is 18.6 Å². The molecule has 0 unspecified atom stereocenters. The van der Waals surface area contributed by atoms with Crippen LogP contribution in [-0.4, -0.2) is 24.6 Å². The summed E-state index contributed by atoms with van der Waals surface area (Å²) in [5, 5.41) is 2.30. The molecule has 0 fully saturated rings. The average molecular weight is 230 g/mol. The highest BCUT2D eigenvalue weighted by Crippen LogP contribution is 2.12. The molecule has 6 heteroatoms. The molecule has 0 atom stereocenters. The molecule has 0 aliphatic rings. The fraction of sp³-hybridized carbons (Fsp3) is 0.400. The van der Waals surface area contributed by atoms with Gasteiger partial charge in [-0.1, -0.05) is 0 Å². The predicted molar refractivity (Wildman–Crippen MR) is 53.9 cm³/mol. The second-order valence-corrected chi connectivity index (χ2v) is 3.12. The van der Waals surface area contributed by atoms with Gasteiger partial charge in [0.1, 0.15) is 0 Å². The van der Waals surface area contributed by atoms with E-state index in [-0.39, 0.29) is 18.0 Å². The van der Waals surface area contributed by atoms with Gasteiger partial charge in [0.25, 0.3) is 0 Å². The van der Waals surface area contributed by atoms with Gasteiger partial charge in [-0.2, -0.15) is 13.8 Å². The molecule has 4 nitrogen and oxygen atoms in total. The summed E-state index contributed by atoms with van der Waals surface area (Å²) in [5.74, 6) is -2.31. The topological polar surface area (TPSA) is 51.2 Å². The first-order valence-electron chi connectivity index (χ1n) is 4.74. The Hall–Kier alpha value is -1.56. The molecule has 0 saturated carbocycles. The van der Waals surface area contributed by atoms with E-state index < -0.39 is 11.9 Å². The maximum atomic E-state index is 13.0. The highest BCUT2D eigenvalue weighted by Gasteiger charge is 2.08. The van der Waals surface area contributed by atoms with Crippen molar-refractivity contribution in [2.45, 2.75) is 12.8 Å². The van der Waals surface area contributed by atoms with Crippen LogP contribution in [0.3, 0.4) is 0 Å². The molecule has 16 heavy (non-hydrogen) atoms. The first kappa shape index (κ1) is 12.5. The molecule has 0 bridgehead atoms. The van der Waals surface area contributed by atoms with Crippen molar-refractivity contribution in [1.29, 1.82) is 0 Å². The average Bonchev–Trinajstić information content (AvgIpc) is 2.23. The number of halogens is 2. The summed E-state index contributed by atoms with van der Waals surface area (Å²) in [4.78, 5) is 14.2. The van der Waals surface area contributed by atoms with Gasteiger partial charge < -0.3 is 10.1 Å². The number of amides is 1. The van der Waals surface area contributed by atoms with E-state index in [0.29, 0.717) is 13.0 Å². The Morgan fingerprint density at radius 1 is 1.50 bits per heavy atom. The Labute approximate surface area is 91.6 Å². The number of ether oxygens (including phenoxy) is 1. The van der Waals surface area contributed by atoms with Gasteiger partial charge in [-0.3, -0.25) is 4.79 Å². The van der Waals surface area contributed by atoms with Crippen LogP contribution in [0.25, 0.3) is 0 Å². The van der Waals surface area contributed by atoms with Gasteiger partial charge in [0.15, 0.2) is 0 Å². The largest absolute Gasteiger partial charge is 0.385 e. The van der Waals surface area contributed by atoms with Crippen LogP contribution >= 0.6 is 0 Å². The van der Waals surface area contributed by atoms with Crippen molar-refractivity contribution in [1.82, 2.24) is 4.98 Å². The fourth-order valence-electron chi connectivity index (χ4n) is 1.10. The summed E-state index contributed by atoms with van der Waals surface area (Å²) < 4.78 is 30.2. The Morgan fingerprint density at radius 3 is 2.88 bits per heavy atom. The number of methoxy groups -OCH3 is 1. The molecule has 1 amide bonds. The Balaban J connectivity index is 2.49. The zero-order valence-corrected chi connectivity index (χ0v) is 8.80. The molecule has 88 valence electrons. The smallest absolute Gasteiger partial charge is 0.239 e.